The van der Waals surface area contributed by atoms with Crippen molar-refractivity contribution in [3.8, 4) is 12.1 Å². The highest BCUT2D eigenvalue weighted by Crippen LogP contribution is 2.38. The molecule has 1 amide bonds. The summed E-state index contributed by atoms with van der Waals surface area (Å²) in [6.07, 6.45) is -0.0529. The summed E-state index contributed by atoms with van der Waals surface area (Å²) in [6.45, 7) is 5.30. The van der Waals surface area contributed by atoms with Gasteiger partial charge >= 0.3 is 6.01 Å². The average molecular weight is 626 g/mol. The Morgan fingerprint density at radius 3 is 2.80 bits per heavy atom. The van der Waals surface area contributed by atoms with Gasteiger partial charge in [0.25, 0.3) is 5.91 Å². The second kappa shape index (κ2) is 12.5. The van der Waals surface area contributed by atoms with Crippen LogP contribution in [0.2, 0.25) is 5.02 Å². The van der Waals surface area contributed by atoms with Crippen LogP contribution in [0.25, 0.3) is 10.8 Å². The first-order valence-electron chi connectivity index (χ1n) is 14.5. The number of nitrogens with one attached hydrogen (secondary N) is 1. The maximum atomic E-state index is 14.5. The van der Waals surface area contributed by atoms with Crippen LogP contribution in [-0.2, 0) is 17.8 Å². The van der Waals surface area contributed by atoms with Crippen molar-refractivity contribution in [2.45, 2.75) is 44.1 Å². The maximum Gasteiger partial charge on any atom is 0.318 e. The van der Waals surface area contributed by atoms with Crippen molar-refractivity contribution >= 4 is 39.8 Å². The Morgan fingerprint density at radius 1 is 1.20 bits per heavy atom. The lowest BCUT2D eigenvalue weighted by atomic mass is 10.0. The fraction of sp³-hybridized carbons (Fsp3) is 0.419. The van der Waals surface area contributed by atoms with Gasteiger partial charge in [-0.15, -0.1) is 0 Å². The van der Waals surface area contributed by atoms with Crippen LogP contribution in [0.4, 0.5) is 24.7 Å². The first-order chi connectivity index (χ1) is 21.2. The molecule has 13 heteroatoms. The predicted octanol–water partition coefficient (Wildman–Crippen LogP) is 4.48. The van der Waals surface area contributed by atoms with Crippen molar-refractivity contribution in [3.63, 3.8) is 0 Å². The van der Waals surface area contributed by atoms with Gasteiger partial charge in [0.1, 0.15) is 24.4 Å². The number of carbonyl (C=O) groups excluding carboxylic acids is 1. The topological polar surface area (TPSA) is 97.6 Å². The smallest absolute Gasteiger partial charge is 0.318 e. The summed E-state index contributed by atoms with van der Waals surface area (Å²) in [4.78, 5) is 27.4. The van der Waals surface area contributed by atoms with E-state index in [1.165, 1.54) is 11.0 Å². The van der Waals surface area contributed by atoms with Crippen molar-refractivity contribution in [1.82, 2.24) is 20.2 Å². The first-order valence-corrected chi connectivity index (χ1v) is 14.9. The Kier molecular flexibility index (Phi) is 8.51. The molecule has 2 fully saturated rings. The summed E-state index contributed by atoms with van der Waals surface area (Å²) in [7, 11) is 0. The molecule has 3 aliphatic rings. The van der Waals surface area contributed by atoms with Gasteiger partial charge < -0.3 is 24.8 Å². The number of alkyl halides is 1. The van der Waals surface area contributed by atoms with Crippen molar-refractivity contribution < 1.29 is 22.7 Å². The molecule has 3 aliphatic heterocycles. The zero-order valence-corrected chi connectivity index (χ0v) is 24.7. The number of piperazine rings is 1. The van der Waals surface area contributed by atoms with E-state index < -0.39 is 29.8 Å². The molecule has 230 valence electrons. The molecule has 9 nitrogen and oxygen atoms in total. The molecular formula is C31H31ClF3N7O2. The van der Waals surface area contributed by atoms with Crippen LogP contribution in [0.5, 0.6) is 6.01 Å². The standard InChI is InChI=1S/C31H31ClF3N7O2/c1-18(33)30(43)42-12-11-41(15-22(42)7-9-36)29-23-8-10-40(26-4-2-3-19-5-6-24(35)28(32)27(19)26)16-25(23)38-31(39-29)44-17-21-13-20(34)14-37-21/h2-6,20-22,37H,1,7-8,10-17H2/t20-,21+,22?/m1/s1. The maximum absolute atomic E-state index is 14.5. The van der Waals surface area contributed by atoms with E-state index in [2.05, 4.69) is 22.9 Å². The van der Waals surface area contributed by atoms with Crippen molar-refractivity contribution in [2.75, 3.05) is 49.1 Å². The van der Waals surface area contributed by atoms with Crippen LogP contribution in [0.15, 0.2) is 42.7 Å². The van der Waals surface area contributed by atoms with E-state index in [0.717, 1.165) is 16.6 Å². The quantitative estimate of drug-likeness (QED) is 0.384. The van der Waals surface area contributed by atoms with E-state index in [1.54, 1.807) is 6.07 Å². The Morgan fingerprint density at radius 2 is 2.05 bits per heavy atom. The Hall–Kier alpha value is -4.08. The molecule has 2 aromatic carbocycles. The highest BCUT2D eigenvalue weighted by atomic mass is 35.5. The fourth-order valence-electron chi connectivity index (χ4n) is 6.30. The molecule has 0 spiro atoms. The molecule has 4 heterocycles. The van der Waals surface area contributed by atoms with Crippen LogP contribution in [0.1, 0.15) is 24.1 Å². The van der Waals surface area contributed by atoms with E-state index in [1.807, 2.05) is 23.1 Å². The summed E-state index contributed by atoms with van der Waals surface area (Å²) < 4.78 is 48.0. The first kappa shape index (κ1) is 30.0. The monoisotopic (exact) mass is 625 g/mol. The number of hydrogen-bond acceptors (Lipinski definition) is 8. The Bertz CT molecular complexity index is 1650. The second-order valence-electron chi connectivity index (χ2n) is 11.3. The van der Waals surface area contributed by atoms with E-state index in [4.69, 9.17) is 26.3 Å². The third kappa shape index (κ3) is 5.86. The minimum Gasteiger partial charge on any atom is -0.462 e. The molecule has 1 unspecified atom stereocenters. The van der Waals surface area contributed by atoms with Gasteiger partial charge in [0.05, 0.1) is 35.8 Å². The number of aromatic nitrogens is 2. The third-order valence-corrected chi connectivity index (χ3v) is 8.83. The molecule has 1 N–H and O–H groups in total. The number of amides is 1. The normalized spacial score (nSPS) is 21.7. The molecule has 2 saturated heterocycles. The van der Waals surface area contributed by atoms with E-state index >= 15 is 0 Å². The van der Waals surface area contributed by atoms with Crippen LogP contribution in [0, 0.1) is 17.1 Å². The minimum absolute atomic E-state index is 0.01000. The number of halogens is 4. The largest absolute Gasteiger partial charge is 0.462 e. The number of benzene rings is 2. The molecular weight excluding hydrogens is 595 g/mol. The Labute approximate surface area is 257 Å². The molecule has 1 aromatic heterocycles. The van der Waals surface area contributed by atoms with Gasteiger partial charge in [-0.3, -0.25) is 4.79 Å². The summed E-state index contributed by atoms with van der Waals surface area (Å²) in [5.41, 5.74) is 2.37. The SMILES string of the molecule is C=C(F)C(=O)N1CCN(c2nc(OC[C@@H]3C[C@@H](F)CN3)nc3c2CCN(c2cccc4ccc(F)c(Cl)c24)C3)CC1CC#N. The lowest BCUT2D eigenvalue weighted by molar-refractivity contribution is -0.131. The molecule has 0 radical (unpaired) electrons. The van der Waals surface area contributed by atoms with Gasteiger partial charge in [-0.1, -0.05) is 36.4 Å². The highest BCUT2D eigenvalue weighted by molar-refractivity contribution is 6.36. The number of ether oxygens (including phenoxy) is 1. The summed E-state index contributed by atoms with van der Waals surface area (Å²) in [6, 6.07) is 10.2. The van der Waals surface area contributed by atoms with E-state index in [-0.39, 0.29) is 49.7 Å². The van der Waals surface area contributed by atoms with Crippen LogP contribution in [0.3, 0.4) is 0 Å². The van der Waals surface area contributed by atoms with Crippen molar-refractivity contribution in [3.05, 3.63) is 64.8 Å². The van der Waals surface area contributed by atoms with Gasteiger partial charge in [-0.05, 0) is 30.4 Å². The molecule has 0 saturated carbocycles. The zero-order valence-electron chi connectivity index (χ0n) is 23.9. The number of nitriles is 1. The molecule has 0 aliphatic carbocycles. The number of anilines is 2. The minimum atomic E-state index is -1.07. The lowest BCUT2D eigenvalue weighted by Gasteiger charge is -2.42. The second-order valence-corrected chi connectivity index (χ2v) is 11.7. The van der Waals surface area contributed by atoms with Crippen molar-refractivity contribution in [2.24, 2.45) is 0 Å². The number of nitrogens with zero attached hydrogens (tertiary/aromatic N) is 6. The summed E-state index contributed by atoms with van der Waals surface area (Å²) >= 11 is 6.44. The van der Waals surface area contributed by atoms with E-state index in [9.17, 15) is 23.2 Å². The number of rotatable bonds is 7. The van der Waals surface area contributed by atoms with Gasteiger partial charge in [0, 0.05) is 55.4 Å². The molecule has 0 bridgehead atoms. The van der Waals surface area contributed by atoms with Crippen LogP contribution in [-0.4, -0.2) is 78.4 Å². The summed E-state index contributed by atoms with van der Waals surface area (Å²) in [5.74, 6) is -1.78. The van der Waals surface area contributed by atoms with Crippen molar-refractivity contribution in [1.29, 1.82) is 5.26 Å². The Balaban J connectivity index is 1.34. The number of hydrogen-bond donors (Lipinski definition) is 1. The van der Waals surface area contributed by atoms with Crippen LogP contribution >= 0.6 is 11.6 Å². The molecule has 3 aromatic rings. The van der Waals surface area contributed by atoms with E-state index in [0.29, 0.717) is 49.4 Å². The molecule has 44 heavy (non-hydrogen) atoms. The summed E-state index contributed by atoms with van der Waals surface area (Å²) in [5, 5.41) is 14.0. The van der Waals surface area contributed by atoms with Gasteiger partial charge in [0.2, 0.25) is 0 Å². The molecule has 6 rings (SSSR count). The number of carbonyl (C=O) groups is 1. The third-order valence-electron chi connectivity index (χ3n) is 8.46. The predicted molar refractivity (Wildman–Crippen MR) is 161 cm³/mol. The van der Waals surface area contributed by atoms with Gasteiger partial charge in [-0.25, -0.2) is 13.2 Å². The number of fused-ring (bicyclic) bond motifs is 2. The average Bonchev–Trinajstić information content (AvgIpc) is 3.45. The van der Waals surface area contributed by atoms with Gasteiger partial charge in [-0.2, -0.15) is 15.2 Å². The zero-order chi connectivity index (χ0) is 31.0. The fourth-order valence-corrected chi connectivity index (χ4v) is 6.57. The van der Waals surface area contributed by atoms with Gasteiger partial charge in [0.15, 0.2) is 5.83 Å². The highest BCUT2D eigenvalue weighted by Gasteiger charge is 2.35. The van der Waals surface area contributed by atoms with Crippen LogP contribution < -0.4 is 19.9 Å². The lowest BCUT2D eigenvalue weighted by Crippen LogP contribution is -2.55. The molecule has 3 atom stereocenters.